The van der Waals surface area contributed by atoms with E-state index in [0.29, 0.717) is 0 Å². The predicted molar refractivity (Wildman–Crippen MR) is 94.3 cm³/mol. The van der Waals surface area contributed by atoms with E-state index < -0.39 is 0 Å². The van der Waals surface area contributed by atoms with Crippen LogP contribution in [0.2, 0.25) is 0 Å². The van der Waals surface area contributed by atoms with E-state index in [1.165, 1.54) is 62.5 Å². The summed E-state index contributed by atoms with van der Waals surface area (Å²) in [5, 5.41) is 10.2. The summed E-state index contributed by atoms with van der Waals surface area (Å²) in [6.07, 6.45) is 11.0. The van der Waals surface area contributed by atoms with Gasteiger partial charge in [0.25, 0.3) is 0 Å². The lowest BCUT2D eigenvalue weighted by atomic mass is 10.0. The van der Waals surface area contributed by atoms with Crippen molar-refractivity contribution >= 4 is 0 Å². The van der Waals surface area contributed by atoms with Gasteiger partial charge in [-0.25, -0.2) is 0 Å². The van der Waals surface area contributed by atoms with Crippen LogP contribution in [-0.2, 0) is 12.8 Å². The Morgan fingerprint density at radius 3 is 2.27 bits per heavy atom. The zero-order chi connectivity index (χ0) is 15.6. The highest BCUT2D eigenvalue weighted by Gasteiger charge is 2.15. The van der Waals surface area contributed by atoms with E-state index in [1.807, 2.05) is 0 Å². The second kappa shape index (κ2) is 10.0. The Balaban J connectivity index is 1.67. The van der Waals surface area contributed by atoms with Crippen LogP contribution < -0.4 is 0 Å². The van der Waals surface area contributed by atoms with E-state index in [0.717, 1.165) is 26.1 Å². The molecule has 1 fully saturated rings. The van der Waals surface area contributed by atoms with Crippen LogP contribution in [-0.4, -0.2) is 35.7 Å². The van der Waals surface area contributed by atoms with Crippen molar-refractivity contribution in [2.45, 2.75) is 70.8 Å². The van der Waals surface area contributed by atoms with Crippen molar-refractivity contribution in [3.63, 3.8) is 0 Å². The van der Waals surface area contributed by atoms with Crippen molar-refractivity contribution in [1.29, 1.82) is 0 Å². The van der Waals surface area contributed by atoms with Crippen molar-refractivity contribution in [2.75, 3.05) is 19.6 Å². The normalized spacial score (nSPS) is 17.0. The van der Waals surface area contributed by atoms with Crippen LogP contribution in [0.25, 0.3) is 0 Å². The molecule has 0 amide bonds. The standard InChI is InChI=1S/C20H33NO/c1-2-3-4-5-6-9-18-10-12-19(13-11-18)16-20(22)17-21-14-7-8-15-21/h10-13,20,22H,2-9,14-17H2,1H3. The largest absolute Gasteiger partial charge is 0.391 e. The number of likely N-dealkylation sites (tertiary alicyclic amines) is 1. The summed E-state index contributed by atoms with van der Waals surface area (Å²) in [6.45, 7) is 5.41. The summed E-state index contributed by atoms with van der Waals surface area (Å²) in [5.41, 5.74) is 2.70. The van der Waals surface area contributed by atoms with Gasteiger partial charge in [-0.05, 0) is 56.3 Å². The molecule has 1 aliphatic rings. The van der Waals surface area contributed by atoms with Crippen LogP contribution in [0.15, 0.2) is 24.3 Å². The predicted octanol–water partition coefficient (Wildman–Crippen LogP) is 4.20. The lowest BCUT2D eigenvalue weighted by Crippen LogP contribution is -2.31. The van der Waals surface area contributed by atoms with Crippen LogP contribution in [0.3, 0.4) is 0 Å². The number of nitrogens with zero attached hydrogens (tertiary/aromatic N) is 1. The van der Waals surface area contributed by atoms with Gasteiger partial charge in [-0.3, -0.25) is 0 Å². The molecule has 1 unspecified atom stereocenters. The molecule has 0 radical (unpaired) electrons. The Kier molecular flexibility index (Phi) is 7.96. The maximum atomic E-state index is 10.2. The number of rotatable bonds is 10. The van der Waals surface area contributed by atoms with Crippen LogP contribution in [0, 0.1) is 0 Å². The molecule has 0 spiro atoms. The SMILES string of the molecule is CCCCCCCc1ccc(CC(O)CN2CCCC2)cc1. The molecule has 1 aromatic rings. The molecule has 124 valence electrons. The molecule has 2 heteroatoms. The highest BCUT2D eigenvalue weighted by Crippen LogP contribution is 2.13. The minimum absolute atomic E-state index is 0.224. The summed E-state index contributed by atoms with van der Waals surface area (Å²) in [4.78, 5) is 2.38. The number of hydrogen-bond donors (Lipinski definition) is 1. The molecule has 0 bridgehead atoms. The van der Waals surface area contributed by atoms with Gasteiger partial charge >= 0.3 is 0 Å². The zero-order valence-corrected chi connectivity index (χ0v) is 14.3. The Morgan fingerprint density at radius 2 is 1.59 bits per heavy atom. The van der Waals surface area contributed by atoms with Crippen molar-refractivity contribution in [2.24, 2.45) is 0 Å². The van der Waals surface area contributed by atoms with E-state index in [2.05, 4.69) is 36.1 Å². The number of benzene rings is 1. The summed E-state index contributed by atoms with van der Waals surface area (Å²) in [6, 6.07) is 8.90. The average molecular weight is 303 g/mol. The van der Waals surface area contributed by atoms with E-state index in [-0.39, 0.29) is 6.10 Å². The molecule has 0 aliphatic carbocycles. The maximum absolute atomic E-state index is 10.2. The molecule has 1 N–H and O–H groups in total. The first-order chi connectivity index (χ1) is 10.8. The number of aliphatic hydroxyl groups excluding tert-OH is 1. The fourth-order valence-corrected chi connectivity index (χ4v) is 3.37. The van der Waals surface area contributed by atoms with Crippen LogP contribution in [0.5, 0.6) is 0 Å². The van der Waals surface area contributed by atoms with Crippen molar-refractivity contribution < 1.29 is 5.11 Å². The molecule has 1 heterocycles. The number of aryl methyl sites for hydroxylation is 1. The first-order valence-corrected chi connectivity index (χ1v) is 9.26. The fraction of sp³-hybridized carbons (Fsp3) is 0.700. The number of aliphatic hydroxyl groups is 1. The lowest BCUT2D eigenvalue weighted by Gasteiger charge is -2.19. The number of hydrogen-bond acceptors (Lipinski definition) is 2. The molecular formula is C20H33NO. The molecule has 0 aromatic heterocycles. The molecule has 1 aliphatic heterocycles. The second-order valence-electron chi connectivity index (χ2n) is 6.85. The molecule has 0 saturated carbocycles. The second-order valence-corrected chi connectivity index (χ2v) is 6.85. The van der Waals surface area contributed by atoms with Gasteiger partial charge in [0.15, 0.2) is 0 Å². The van der Waals surface area contributed by atoms with Crippen molar-refractivity contribution in [3.05, 3.63) is 35.4 Å². The Hall–Kier alpha value is -0.860. The first kappa shape index (κ1) is 17.5. The summed E-state index contributed by atoms with van der Waals surface area (Å²) >= 11 is 0. The zero-order valence-electron chi connectivity index (χ0n) is 14.3. The van der Waals surface area contributed by atoms with Gasteiger partial charge < -0.3 is 10.0 Å². The monoisotopic (exact) mass is 303 g/mol. The molecule has 22 heavy (non-hydrogen) atoms. The Bertz CT molecular complexity index is 395. The third-order valence-corrected chi connectivity index (χ3v) is 4.73. The molecular weight excluding hydrogens is 270 g/mol. The van der Waals surface area contributed by atoms with Gasteiger partial charge in [0.2, 0.25) is 0 Å². The highest BCUT2D eigenvalue weighted by atomic mass is 16.3. The molecule has 1 aromatic carbocycles. The van der Waals surface area contributed by atoms with Crippen LogP contribution >= 0.6 is 0 Å². The number of β-amino-alcohol motifs (C(OH)–C–C–N with tert-alkyl or cyclic N) is 1. The van der Waals surface area contributed by atoms with Gasteiger partial charge in [0.1, 0.15) is 0 Å². The van der Waals surface area contributed by atoms with Crippen LogP contribution in [0.1, 0.15) is 63.0 Å². The van der Waals surface area contributed by atoms with Crippen molar-refractivity contribution in [3.8, 4) is 0 Å². The third-order valence-electron chi connectivity index (χ3n) is 4.73. The van der Waals surface area contributed by atoms with Crippen molar-refractivity contribution in [1.82, 2.24) is 4.90 Å². The minimum Gasteiger partial charge on any atom is -0.391 e. The van der Waals surface area contributed by atoms with Gasteiger partial charge in [0.05, 0.1) is 6.10 Å². The van der Waals surface area contributed by atoms with Gasteiger partial charge in [0, 0.05) is 6.54 Å². The lowest BCUT2D eigenvalue weighted by molar-refractivity contribution is 0.125. The van der Waals surface area contributed by atoms with Gasteiger partial charge in [-0.15, -0.1) is 0 Å². The Morgan fingerprint density at radius 1 is 0.955 bits per heavy atom. The maximum Gasteiger partial charge on any atom is 0.0707 e. The van der Waals surface area contributed by atoms with Gasteiger partial charge in [-0.2, -0.15) is 0 Å². The molecule has 2 rings (SSSR count). The topological polar surface area (TPSA) is 23.5 Å². The van der Waals surface area contributed by atoms with E-state index in [9.17, 15) is 5.11 Å². The summed E-state index contributed by atoms with van der Waals surface area (Å²) < 4.78 is 0. The van der Waals surface area contributed by atoms with Crippen LogP contribution in [0.4, 0.5) is 0 Å². The summed E-state index contributed by atoms with van der Waals surface area (Å²) in [7, 11) is 0. The highest BCUT2D eigenvalue weighted by molar-refractivity contribution is 5.23. The fourth-order valence-electron chi connectivity index (χ4n) is 3.37. The number of unbranched alkanes of at least 4 members (excludes halogenated alkanes) is 4. The minimum atomic E-state index is -0.224. The molecule has 2 nitrogen and oxygen atoms in total. The van der Waals surface area contributed by atoms with E-state index >= 15 is 0 Å². The quantitative estimate of drug-likeness (QED) is 0.655. The average Bonchev–Trinajstić information content (AvgIpc) is 3.01. The third kappa shape index (κ3) is 6.50. The van der Waals surface area contributed by atoms with Gasteiger partial charge in [-0.1, -0.05) is 56.9 Å². The van der Waals surface area contributed by atoms with E-state index in [1.54, 1.807) is 0 Å². The molecule has 1 saturated heterocycles. The smallest absolute Gasteiger partial charge is 0.0707 e. The molecule has 1 atom stereocenters. The van der Waals surface area contributed by atoms with E-state index in [4.69, 9.17) is 0 Å². The Labute approximate surface area is 136 Å². The first-order valence-electron chi connectivity index (χ1n) is 9.26. The summed E-state index contributed by atoms with van der Waals surface area (Å²) in [5.74, 6) is 0.